The Morgan fingerprint density at radius 2 is 1.29 bits per heavy atom. The Hall–Kier alpha value is -0.820. The third-order valence-electron chi connectivity index (χ3n) is 5.28. The number of nitrogens with one attached hydrogen (secondary N) is 1. The summed E-state index contributed by atoms with van der Waals surface area (Å²) >= 11 is 0. The second-order valence-corrected chi connectivity index (χ2v) is 6.79. The SMILES string of the molecule is CCCNCCC(C)CCc1c(C)c(C)c(C)c(C)c1C. The molecule has 0 fully saturated rings. The molecule has 1 rings (SSSR count). The van der Waals surface area contributed by atoms with E-state index in [2.05, 4.69) is 53.8 Å². The standard InChI is InChI=1S/C20H35N/c1-8-12-21-13-11-14(2)9-10-20-18(6)16(4)15(3)17(5)19(20)7/h14,21H,8-13H2,1-7H3. The van der Waals surface area contributed by atoms with Crippen LogP contribution in [-0.4, -0.2) is 13.1 Å². The molecule has 0 bridgehead atoms. The first kappa shape index (κ1) is 18.2. The van der Waals surface area contributed by atoms with E-state index in [1.807, 2.05) is 0 Å². The topological polar surface area (TPSA) is 12.0 Å². The van der Waals surface area contributed by atoms with Gasteiger partial charge in [-0.15, -0.1) is 0 Å². The van der Waals surface area contributed by atoms with Crippen molar-refractivity contribution in [1.82, 2.24) is 5.32 Å². The molecule has 1 nitrogen and oxygen atoms in total. The summed E-state index contributed by atoms with van der Waals surface area (Å²) in [6.45, 7) is 18.4. The molecule has 1 N–H and O–H groups in total. The van der Waals surface area contributed by atoms with Gasteiger partial charge >= 0.3 is 0 Å². The van der Waals surface area contributed by atoms with Gasteiger partial charge in [0.15, 0.2) is 0 Å². The van der Waals surface area contributed by atoms with Crippen LogP contribution in [0.2, 0.25) is 0 Å². The van der Waals surface area contributed by atoms with Gasteiger partial charge in [-0.1, -0.05) is 13.8 Å². The molecule has 21 heavy (non-hydrogen) atoms. The molecule has 0 aliphatic carbocycles. The molecule has 1 atom stereocenters. The summed E-state index contributed by atoms with van der Waals surface area (Å²) in [5.41, 5.74) is 9.10. The van der Waals surface area contributed by atoms with Gasteiger partial charge in [-0.3, -0.25) is 0 Å². The van der Waals surface area contributed by atoms with Crippen molar-refractivity contribution in [2.45, 2.75) is 74.1 Å². The molecular formula is C20H35N. The first-order valence-electron chi connectivity index (χ1n) is 8.66. The Balaban J connectivity index is 2.63. The predicted octanol–water partition coefficient (Wildman–Crippen LogP) is 5.19. The highest BCUT2D eigenvalue weighted by molar-refractivity contribution is 5.49. The van der Waals surface area contributed by atoms with Crippen molar-refractivity contribution in [3.05, 3.63) is 33.4 Å². The van der Waals surface area contributed by atoms with Crippen LogP contribution in [0.5, 0.6) is 0 Å². The molecule has 0 aliphatic rings. The Morgan fingerprint density at radius 1 is 0.762 bits per heavy atom. The fraction of sp³-hybridized carbons (Fsp3) is 0.700. The van der Waals surface area contributed by atoms with Gasteiger partial charge in [0.25, 0.3) is 0 Å². The maximum Gasteiger partial charge on any atom is -0.00464 e. The third-order valence-corrected chi connectivity index (χ3v) is 5.28. The summed E-state index contributed by atoms with van der Waals surface area (Å²) in [7, 11) is 0. The highest BCUT2D eigenvalue weighted by atomic mass is 14.8. The lowest BCUT2D eigenvalue weighted by Crippen LogP contribution is -2.18. The fourth-order valence-electron chi connectivity index (χ4n) is 3.14. The zero-order chi connectivity index (χ0) is 16.0. The van der Waals surface area contributed by atoms with Crippen LogP contribution in [0.15, 0.2) is 0 Å². The van der Waals surface area contributed by atoms with E-state index in [1.165, 1.54) is 60.0 Å². The molecule has 0 amide bonds. The minimum absolute atomic E-state index is 0.801. The van der Waals surface area contributed by atoms with Gasteiger partial charge in [0.1, 0.15) is 0 Å². The minimum atomic E-state index is 0.801. The van der Waals surface area contributed by atoms with Crippen molar-refractivity contribution >= 4 is 0 Å². The summed E-state index contributed by atoms with van der Waals surface area (Å²) in [6, 6.07) is 0. The van der Waals surface area contributed by atoms with Crippen LogP contribution in [0.1, 0.15) is 66.5 Å². The highest BCUT2D eigenvalue weighted by Crippen LogP contribution is 2.28. The zero-order valence-corrected chi connectivity index (χ0v) is 15.3. The van der Waals surface area contributed by atoms with Crippen LogP contribution >= 0.6 is 0 Å². The quantitative estimate of drug-likeness (QED) is 0.650. The average Bonchev–Trinajstić information content (AvgIpc) is 2.47. The monoisotopic (exact) mass is 289 g/mol. The minimum Gasteiger partial charge on any atom is -0.317 e. The highest BCUT2D eigenvalue weighted by Gasteiger charge is 2.13. The Bertz CT molecular complexity index is 430. The van der Waals surface area contributed by atoms with E-state index in [-0.39, 0.29) is 0 Å². The lowest BCUT2D eigenvalue weighted by molar-refractivity contribution is 0.469. The van der Waals surface area contributed by atoms with Crippen molar-refractivity contribution in [1.29, 1.82) is 0 Å². The molecule has 0 heterocycles. The normalized spacial score (nSPS) is 12.7. The van der Waals surface area contributed by atoms with Crippen LogP contribution in [0.4, 0.5) is 0 Å². The summed E-state index contributed by atoms with van der Waals surface area (Å²) in [5, 5.41) is 3.51. The van der Waals surface area contributed by atoms with Gasteiger partial charge < -0.3 is 5.32 Å². The molecule has 1 heteroatoms. The van der Waals surface area contributed by atoms with Crippen molar-refractivity contribution in [3.63, 3.8) is 0 Å². The lowest BCUT2D eigenvalue weighted by atomic mass is 9.86. The second kappa shape index (κ2) is 8.58. The number of hydrogen-bond donors (Lipinski definition) is 1. The predicted molar refractivity (Wildman–Crippen MR) is 95.4 cm³/mol. The second-order valence-electron chi connectivity index (χ2n) is 6.79. The van der Waals surface area contributed by atoms with Gasteiger partial charge in [-0.25, -0.2) is 0 Å². The lowest BCUT2D eigenvalue weighted by Gasteiger charge is -2.20. The van der Waals surface area contributed by atoms with Crippen LogP contribution in [0.3, 0.4) is 0 Å². The first-order valence-corrected chi connectivity index (χ1v) is 8.66. The number of benzene rings is 1. The van der Waals surface area contributed by atoms with Crippen molar-refractivity contribution in [2.24, 2.45) is 5.92 Å². The van der Waals surface area contributed by atoms with E-state index in [4.69, 9.17) is 0 Å². The molecular weight excluding hydrogens is 254 g/mol. The molecule has 0 saturated heterocycles. The zero-order valence-electron chi connectivity index (χ0n) is 15.3. The van der Waals surface area contributed by atoms with Crippen LogP contribution < -0.4 is 5.32 Å². The summed E-state index contributed by atoms with van der Waals surface area (Å²) in [6.07, 6.45) is 5.06. The summed E-state index contributed by atoms with van der Waals surface area (Å²) < 4.78 is 0. The van der Waals surface area contributed by atoms with Crippen LogP contribution in [0, 0.1) is 40.5 Å². The van der Waals surface area contributed by atoms with Gasteiger partial charge in [0.05, 0.1) is 0 Å². The molecule has 120 valence electrons. The van der Waals surface area contributed by atoms with Crippen LogP contribution in [0.25, 0.3) is 0 Å². The van der Waals surface area contributed by atoms with Crippen molar-refractivity contribution in [2.75, 3.05) is 13.1 Å². The Morgan fingerprint density at radius 3 is 1.81 bits per heavy atom. The van der Waals surface area contributed by atoms with E-state index in [1.54, 1.807) is 5.56 Å². The molecule has 0 spiro atoms. The van der Waals surface area contributed by atoms with Gasteiger partial charge in [-0.2, -0.15) is 0 Å². The van der Waals surface area contributed by atoms with E-state index in [0.29, 0.717) is 0 Å². The van der Waals surface area contributed by atoms with Gasteiger partial charge in [-0.05, 0) is 113 Å². The first-order chi connectivity index (χ1) is 9.90. The smallest absolute Gasteiger partial charge is 0.00464 e. The number of hydrogen-bond acceptors (Lipinski definition) is 1. The van der Waals surface area contributed by atoms with E-state index >= 15 is 0 Å². The van der Waals surface area contributed by atoms with E-state index < -0.39 is 0 Å². The Labute approximate surface area is 132 Å². The maximum absolute atomic E-state index is 3.51. The van der Waals surface area contributed by atoms with E-state index in [9.17, 15) is 0 Å². The molecule has 0 aliphatic heterocycles. The molecule has 1 unspecified atom stereocenters. The molecule has 1 aromatic carbocycles. The van der Waals surface area contributed by atoms with E-state index in [0.717, 1.165) is 12.5 Å². The van der Waals surface area contributed by atoms with Gasteiger partial charge in [0, 0.05) is 0 Å². The van der Waals surface area contributed by atoms with Crippen LogP contribution in [-0.2, 0) is 6.42 Å². The molecule has 1 aromatic rings. The number of rotatable bonds is 8. The largest absolute Gasteiger partial charge is 0.317 e. The van der Waals surface area contributed by atoms with Crippen molar-refractivity contribution < 1.29 is 0 Å². The Kier molecular flexibility index (Phi) is 7.45. The fourth-order valence-corrected chi connectivity index (χ4v) is 3.14. The molecule has 0 saturated carbocycles. The molecule has 0 radical (unpaired) electrons. The maximum atomic E-state index is 3.51. The van der Waals surface area contributed by atoms with Crippen molar-refractivity contribution in [3.8, 4) is 0 Å². The summed E-state index contributed by atoms with van der Waals surface area (Å²) in [4.78, 5) is 0. The molecule has 0 aromatic heterocycles. The van der Waals surface area contributed by atoms with Gasteiger partial charge in [0.2, 0.25) is 0 Å². The third kappa shape index (κ3) is 4.85. The summed E-state index contributed by atoms with van der Waals surface area (Å²) in [5.74, 6) is 0.801. The average molecular weight is 290 g/mol.